The summed E-state index contributed by atoms with van der Waals surface area (Å²) in [7, 11) is 0. The molecule has 0 aromatic heterocycles. The first-order chi connectivity index (χ1) is 12.7. The molecule has 154 valence electrons. The van der Waals surface area contributed by atoms with Gasteiger partial charge in [-0.25, -0.2) is 0 Å². The van der Waals surface area contributed by atoms with Gasteiger partial charge in [-0.15, -0.1) is 0 Å². The lowest BCUT2D eigenvalue weighted by molar-refractivity contribution is -0.205. The van der Waals surface area contributed by atoms with Gasteiger partial charge in [0.15, 0.2) is 0 Å². The molecular formula is C21H40O5. The molecule has 1 heterocycles. The fraction of sp³-hybridized carbons (Fsp3) is 0.905. The number of aliphatic hydroxyl groups excluding tert-OH is 3. The molecule has 0 aromatic carbocycles. The standard InChI is InChI=1S/C21H40O5/c1-2-3-4-5-6-7-8-9-10-11-12-13-14-15-25-19-17-26-18(16-22)20(23)21(19)24/h13-14,18-24H,2-12,15-17H2,1H3/b14-13+/t18-,19+,20-,21-/m0/s1. The SMILES string of the molecule is CCCCCCCCCCCC/C=C/CO[C@@H]1CO[C@@H](CO)[C@H](O)[C@H]1O. The summed E-state index contributed by atoms with van der Waals surface area (Å²) in [6.45, 7) is 2.55. The summed E-state index contributed by atoms with van der Waals surface area (Å²) in [5, 5.41) is 28.8. The van der Waals surface area contributed by atoms with Crippen molar-refractivity contribution in [3.63, 3.8) is 0 Å². The molecule has 0 aromatic rings. The van der Waals surface area contributed by atoms with Crippen molar-refractivity contribution in [3.8, 4) is 0 Å². The summed E-state index contributed by atoms with van der Waals surface area (Å²) in [4.78, 5) is 0. The van der Waals surface area contributed by atoms with Gasteiger partial charge in [-0.1, -0.05) is 76.9 Å². The van der Waals surface area contributed by atoms with E-state index in [1.165, 1.54) is 64.2 Å². The molecule has 0 aliphatic carbocycles. The third-order valence-electron chi connectivity index (χ3n) is 5.06. The summed E-state index contributed by atoms with van der Waals surface area (Å²) >= 11 is 0. The summed E-state index contributed by atoms with van der Waals surface area (Å²) in [6, 6.07) is 0. The zero-order valence-corrected chi connectivity index (χ0v) is 16.5. The van der Waals surface area contributed by atoms with E-state index in [0.29, 0.717) is 6.61 Å². The minimum absolute atomic E-state index is 0.190. The van der Waals surface area contributed by atoms with Crippen molar-refractivity contribution in [1.29, 1.82) is 0 Å². The average Bonchev–Trinajstić information content (AvgIpc) is 2.65. The minimum Gasteiger partial charge on any atom is -0.394 e. The number of hydrogen-bond acceptors (Lipinski definition) is 5. The Bertz CT molecular complexity index is 347. The molecule has 5 nitrogen and oxygen atoms in total. The Labute approximate surface area is 159 Å². The van der Waals surface area contributed by atoms with Crippen LogP contribution in [0.5, 0.6) is 0 Å². The van der Waals surface area contributed by atoms with E-state index in [9.17, 15) is 10.2 Å². The smallest absolute Gasteiger partial charge is 0.111 e. The molecule has 0 radical (unpaired) electrons. The number of aliphatic hydroxyl groups is 3. The summed E-state index contributed by atoms with van der Waals surface area (Å²) < 4.78 is 10.8. The van der Waals surface area contributed by atoms with Gasteiger partial charge in [0, 0.05) is 0 Å². The molecule has 26 heavy (non-hydrogen) atoms. The van der Waals surface area contributed by atoms with Gasteiger partial charge in [0.05, 0.1) is 19.8 Å². The highest BCUT2D eigenvalue weighted by molar-refractivity contribution is 4.89. The highest BCUT2D eigenvalue weighted by Gasteiger charge is 2.38. The normalized spacial score (nSPS) is 26.6. The molecule has 0 unspecified atom stereocenters. The first kappa shape index (κ1) is 23.6. The maximum atomic E-state index is 9.95. The van der Waals surface area contributed by atoms with Crippen molar-refractivity contribution in [2.45, 2.75) is 102 Å². The van der Waals surface area contributed by atoms with Gasteiger partial charge in [0.25, 0.3) is 0 Å². The molecule has 1 aliphatic heterocycles. The molecule has 0 saturated carbocycles. The van der Waals surface area contributed by atoms with Crippen LogP contribution in [0.2, 0.25) is 0 Å². The zero-order chi connectivity index (χ0) is 19.0. The van der Waals surface area contributed by atoms with Gasteiger partial charge in [-0.05, 0) is 12.8 Å². The highest BCUT2D eigenvalue weighted by Crippen LogP contribution is 2.17. The van der Waals surface area contributed by atoms with Gasteiger partial charge in [-0.3, -0.25) is 0 Å². The van der Waals surface area contributed by atoms with E-state index in [1.54, 1.807) is 0 Å². The van der Waals surface area contributed by atoms with Crippen molar-refractivity contribution >= 4 is 0 Å². The lowest BCUT2D eigenvalue weighted by Crippen LogP contribution is -2.54. The van der Waals surface area contributed by atoms with Crippen LogP contribution in [-0.4, -0.2) is 59.6 Å². The second-order valence-corrected chi connectivity index (χ2v) is 7.35. The molecule has 0 bridgehead atoms. The van der Waals surface area contributed by atoms with Crippen LogP contribution in [0.3, 0.4) is 0 Å². The van der Waals surface area contributed by atoms with Crippen LogP contribution in [0.25, 0.3) is 0 Å². The lowest BCUT2D eigenvalue weighted by Gasteiger charge is -2.36. The van der Waals surface area contributed by atoms with Crippen molar-refractivity contribution in [3.05, 3.63) is 12.2 Å². The van der Waals surface area contributed by atoms with Crippen LogP contribution in [0.15, 0.2) is 12.2 Å². The summed E-state index contributed by atoms with van der Waals surface area (Å²) in [6.07, 6.45) is 15.2. The summed E-state index contributed by atoms with van der Waals surface area (Å²) in [5.41, 5.74) is 0. The van der Waals surface area contributed by atoms with Crippen molar-refractivity contribution < 1.29 is 24.8 Å². The Balaban J connectivity index is 1.92. The van der Waals surface area contributed by atoms with Gasteiger partial charge in [0.1, 0.15) is 24.4 Å². The maximum absolute atomic E-state index is 9.95. The van der Waals surface area contributed by atoms with E-state index in [1.807, 2.05) is 6.08 Å². The van der Waals surface area contributed by atoms with Gasteiger partial charge < -0.3 is 24.8 Å². The van der Waals surface area contributed by atoms with Gasteiger partial charge >= 0.3 is 0 Å². The largest absolute Gasteiger partial charge is 0.394 e. The Kier molecular flexibility index (Phi) is 14.1. The number of allylic oxidation sites excluding steroid dienone is 1. The zero-order valence-electron chi connectivity index (χ0n) is 16.5. The molecule has 5 heteroatoms. The van der Waals surface area contributed by atoms with Crippen molar-refractivity contribution in [2.24, 2.45) is 0 Å². The molecule has 4 atom stereocenters. The molecule has 1 fully saturated rings. The van der Waals surface area contributed by atoms with Crippen LogP contribution in [-0.2, 0) is 9.47 Å². The monoisotopic (exact) mass is 372 g/mol. The number of unbranched alkanes of at least 4 members (excludes halogenated alkanes) is 10. The van der Waals surface area contributed by atoms with Gasteiger partial charge in [0.2, 0.25) is 0 Å². The second kappa shape index (κ2) is 15.6. The average molecular weight is 373 g/mol. The van der Waals surface area contributed by atoms with Crippen LogP contribution in [0.4, 0.5) is 0 Å². The highest BCUT2D eigenvalue weighted by atomic mass is 16.6. The van der Waals surface area contributed by atoms with Gasteiger partial charge in [-0.2, -0.15) is 0 Å². The maximum Gasteiger partial charge on any atom is 0.111 e. The number of hydrogen-bond donors (Lipinski definition) is 3. The summed E-state index contributed by atoms with van der Waals surface area (Å²) in [5.74, 6) is 0. The topological polar surface area (TPSA) is 79.2 Å². The van der Waals surface area contributed by atoms with E-state index in [0.717, 1.165) is 6.42 Å². The molecule has 1 rings (SSSR count). The fourth-order valence-corrected chi connectivity index (χ4v) is 3.28. The molecule has 0 amide bonds. The van der Waals surface area contributed by atoms with E-state index in [2.05, 4.69) is 13.0 Å². The van der Waals surface area contributed by atoms with Crippen LogP contribution < -0.4 is 0 Å². The van der Waals surface area contributed by atoms with E-state index in [4.69, 9.17) is 14.6 Å². The van der Waals surface area contributed by atoms with E-state index in [-0.39, 0.29) is 13.2 Å². The third kappa shape index (κ3) is 10.0. The molecule has 1 saturated heterocycles. The molecular weight excluding hydrogens is 332 g/mol. The van der Waals surface area contributed by atoms with Crippen molar-refractivity contribution in [1.82, 2.24) is 0 Å². The van der Waals surface area contributed by atoms with Crippen LogP contribution in [0.1, 0.15) is 77.6 Å². The Morgan fingerprint density at radius 3 is 2.12 bits per heavy atom. The van der Waals surface area contributed by atoms with Crippen LogP contribution in [0, 0.1) is 0 Å². The fourth-order valence-electron chi connectivity index (χ4n) is 3.28. The number of rotatable bonds is 15. The Hall–Kier alpha value is -0.460. The van der Waals surface area contributed by atoms with E-state index >= 15 is 0 Å². The predicted molar refractivity (Wildman–Crippen MR) is 104 cm³/mol. The minimum atomic E-state index is -1.10. The molecule has 3 N–H and O–H groups in total. The van der Waals surface area contributed by atoms with Crippen LogP contribution >= 0.6 is 0 Å². The Morgan fingerprint density at radius 2 is 1.50 bits per heavy atom. The first-order valence-corrected chi connectivity index (χ1v) is 10.6. The quantitative estimate of drug-likeness (QED) is 0.303. The van der Waals surface area contributed by atoms with E-state index < -0.39 is 24.4 Å². The second-order valence-electron chi connectivity index (χ2n) is 7.35. The Morgan fingerprint density at radius 1 is 0.885 bits per heavy atom. The molecule has 1 aliphatic rings. The third-order valence-corrected chi connectivity index (χ3v) is 5.06. The first-order valence-electron chi connectivity index (χ1n) is 10.6. The number of ether oxygens (including phenoxy) is 2. The molecule has 0 spiro atoms. The lowest BCUT2D eigenvalue weighted by atomic mass is 10.0. The predicted octanol–water partition coefficient (Wildman–Crippen LogP) is 3.35. The van der Waals surface area contributed by atoms with Crippen molar-refractivity contribution in [2.75, 3.05) is 19.8 Å².